The van der Waals surface area contributed by atoms with Crippen LogP contribution in [0.4, 0.5) is 4.39 Å². The highest BCUT2D eigenvalue weighted by Crippen LogP contribution is 2.40. The van der Waals surface area contributed by atoms with Crippen LogP contribution < -0.4 is 5.32 Å². The van der Waals surface area contributed by atoms with Crippen LogP contribution in [0.15, 0.2) is 42.6 Å². The number of nitrogens with one attached hydrogen (secondary N) is 2. The van der Waals surface area contributed by atoms with Crippen molar-refractivity contribution in [1.29, 1.82) is 0 Å². The Kier molecular flexibility index (Phi) is 5.19. The summed E-state index contributed by atoms with van der Waals surface area (Å²) < 4.78 is 14.1. The summed E-state index contributed by atoms with van der Waals surface area (Å²) in [5, 5.41) is 4.06. The molecule has 0 unspecified atom stereocenters. The van der Waals surface area contributed by atoms with Crippen LogP contribution in [0.1, 0.15) is 42.6 Å². The number of amides is 1. The van der Waals surface area contributed by atoms with Gasteiger partial charge in [-0.1, -0.05) is 61.6 Å². The van der Waals surface area contributed by atoms with E-state index >= 15 is 0 Å². The van der Waals surface area contributed by atoms with Crippen molar-refractivity contribution in [3.05, 3.63) is 54.1 Å². The minimum atomic E-state index is -1.01. The molecule has 156 valence electrons. The van der Waals surface area contributed by atoms with E-state index in [0.29, 0.717) is 22.5 Å². The summed E-state index contributed by atoms with van der Waals surface area (Å²) in [6.45, 7) is 0. The highest BCUT2D eigenvalue weighted by atomic mass is 28.3. The molecule has 2 N–H and O–H groups in total. The number of aromatic nitrogens is 2. The van der Waals surface area contributed by atoms with Gasteiger partial charge in [-0.25, -0.2) is 9.37 Å². The lowest BCUT2D eigenvalue weighted by atomic mass is 10.1. The number of pyridine rings is 1. The first-order chi connectivity index (χ1) is 14.6. The minimum absolute atomic E-state index is 0.0632. The Labute approximate surface area is 177 Å². The lowest BCUT2D eigenvalue weighted by Crippen LogP contribution is -2.46. The monoisotopic (exact) mass is 421 g/mol. The molecule has 4 heterocycles. The van der Waals surface area contributed by atoms with Crippen molar-refractivity contribution >= 4 is 25.0 Å². The van der Waals surface area contributed by atoms with Crippen molar-refractivity contribution in [3.63, 3.8) is 0 Å². The fraction of sp³-hybridized carbons (Fsp3) is 0.417. The molecular weight excluding hydrogens is 393 g/mol. The van der Waals surface area contributed by atoms with Gasteiger partial charge in [0, 0.05) is 28.8 Å². The predicted octanol–water partition coefficient (Wildman–Crippen LogP) is 5.89. The lowest BCUT2D eigenvalue weighted by Gasteiger charge is -2.41. The molecule has 1 aromatic carbocycles. The van der Waals surface area contributed by atoms with Gasteiger partial charge in [-0.05, 0) is 31.0 Å². The van der Waals surface area contributed by atoms with Crippen LogP contribution in [0.25, 0.3) is 22.2 Å². The van der Waals surface area contributed by atoms with Crippen LogP contribution in [-0.4, -0.2) is 30.0 Å². The van der Waals surface area contributed by atoms with Gasteiger partial charge in [-0.2, -0.15) is 0 Å². The van der Waals surface area contributed by atoms with Crippen LogP contribution in [0.3, 0.4) is 0 Å². The van der Waals surface area contributed by atoms with Crippen LogP contribution in [0.2, 0.25) is 24.2 Å². The number of carbonyl (C=O) groups is 1. The highest BCUT2D eigenvalue weighted by Gasteiger charge is 2.38. The molecule has 4 nitrogen and oxygen atoms in total. The van der Waals surface area contributed by atoms with Crippen molar-refractivity contribution in [2.45, 2.75) is 62.3 Å². The number of benzene rings is 1. The first-order valence-corrected chi connectivity index (χ1v) is 14.0. The van der Waals surface area contributed by atoms with E-state index in [1.54, 1.807) is 18.3 Å². The fourth-order valence-electron chi connectivity index (χ4n) is 5.42. The molecule has 3 aromatic rings. The van der Waals surface area contributed by atoms with Gasteiger partial charge in [0.05, 0.1) is 8.07 Å². The summed E-state index contributed by atoms with van der Waals surface area (Å²) in [6, 6.07) is 16.4. The third-order valence-electron chi connectivity index (χ3n) is 7.20. The molecule has 6 heteroatoms. The van der Waals surface area contributed by atoms with E-state index in [0.717, 1.165) is 18.2 Å². The maximum Gasteiger partial charge on any atom is 0.267 e. The maximum atomic E-state index is 14.1. The zero-order valence-corrected chi connectivity index (χ0v) is 18.2. The average molecular weight is 422 g/mol. The van der Waals surface area contributed by atoms with Gasteiger partial charge in [-0.15, -0.1) is 0 Å². The molecule has 2 aliphatic heterocycles. The zero-order chi connectivity index (χ0) is 20.6. The van der Waals surface area contributed by atoms with Crippen LogP contribution in [-0.2, 0) is 0 Å². The van der Waals surface area contributed by atoms with E-state index in [4.69, 9.17) is 0 Å². The smallest absolute Gasteiger partial charge is 0.267 e. The van der Waals surface area contributed by atoms with Gasteiger partial charge in [0.2, 0.25) is 0 Å². The predicted molar refractivity (Wildman–Crippen MR) is 121 cm³/mol. The second-order valence-corrected chi connectivity index (χ2v) is 14.1. The molecule has 0 bridgehead atoms. The van der Waals surface area contributed by atoms with Gasteiger partial charge < -0.3 is 10.3 Å². The van der Waals surface area contributed by atoms with Gasteiger partial charge in [0.25, 0.3) is 5.91 Å². The van der Waals surface area contributed by atoms with Gasteiger partial charge >= 0.3 is 0 Å². The van der Waals surface area contributed by atoms with E-state index in [1.165, 1.54) is 49.5 Å². The second-order valence-electron chi connectivity index (χ2n) is 9.13. The normalized spacial score (nSPS) is 19.2. The SMILES string of the molecule is O=C(NC1CC[Si]2(CCCCC2)CC1)c1cc2cc(-c3ccccc3F)cnc2[nH]1. The number of hydrogen-bond donors (Lipinski definition) is 2. The summed E-state index contributed by atoms with van der Waals surface area (Å²) in [6.07, 6.45) is 8.19. The number of aromatic amines is 1. The first kappa shape index (κ1) is 19.5. The van der Waals surface area contributed by atoms with Crippen molar-refractivity contribution in [1.82, 2.24) is 15.3 Å². The molecule has 1 amide bonds. The quantitative estimate of drug-likeness (QED) is 0.518. The molecule has 1 spiro atoms. The van der Waals surface area contributed by atoms with E-state index in [1.807, 2.05) is 18.2 Å². The van der Waals surface area contributed by atoms with Crippen LogP contribution in [0, 0.1) is 5.82 Å². The van der Waals surface area contributed by atoms with Crippen molar-refractivity contribution in [2.75, 3.05) is 0 Å². The third-order valence-corrected chi connectivity index (χ3v) is 12.7. The molecule has 5 rings (SSSR count). The van der Waals surface area contributed by atoms with Gasteiger partial charge in [0.1, 0.15) is 17.2 Å². The zero-order valence-electron chi connectivity index (χ0n) is 17.2. The fourth-order valence-corrected chi connectivity index (χ4v) is 10.8. The van der Waals surface area contributed by atoms with Gasteiger partial charge in [-0.3, -0.25) is 4.79 Å². The number of fused-ring (bicyclic) bond motifs is 1. The van der Waals surface area contributed by atoms with Crippen molar-refractivity contribution in [3.8, 4) is 11.1 Å². The Hall–Kier alpha value is -2.47. The van der Waals surface area contributed by atoms with Crippen LogP contribution in [0.5, 0.6) is 0 Å². The Bertz CT molecular complexity index is 1060. The largest absolute Gasteiger partial charge is 0.348 e. The highest BCUT2D eigenvalue weighted by molar-refractivity contribution is 6.80. The summed E-state index contributed by atoms with van der Waals surface area (Å²) in [5.41, 5.74) is 2.40. The van der Waals surface area contributed by atoms with Gasteiger partial charge in [0.15, 0.2) is 0 Å². The minimum Gasteiger partial charge on any atom is -0.348 e. The first-order valence-electron chi connectivity index (χ1n) is 11.2. The Morgan fingerprint density at radius 2 is 1.83 bits per heavy atom. The summed E-state index contributed by atoms with van der Waals surface area (Å²) in [7, 11) is -1.01. The van der Waals surface area contributed by atoms with E-state index < -0.39 is 8.07 Å². The van der Waals surface area contributed by atoms with E-state index in [-0.39, 0.29) is 17.8 Å². The average Bonchev–Trinajstić information content (AvgIpc) is 3.20. The van der Waals surface area contributed by atoms with E-state index in [2.05, 4.69) is 15.3 Å². The maximum absolute atomic E-state index is 14.1. The summed E-state index contributed by atoms with van der Waals surface area (Å²) >= 11 is 0. The Balaban J connectivity index is 1.28. The number of rotatable bonds is 3. The Morgan fingerprint density at radius 3 is 2.60 bits per heavy atom. The number of nitrogens with zero attached hydrogens (tertiary/aromatic N) is 1. The molecule has 30 heavy (non-hydrogen) atoms. The van der Waals surface area contributed by atoms with Crippen LogP contribution >= 0.6 is 0 Å². The molecule has 0 aliphatic carbocycles. The molecule has 2 fully saturated rings. The topological polar surface area (TPSA) is 57.8 Å². The second kappa shape index (κ2) is 7.98. The van der Waals surface area contributed by atoms with Crippen molar-refractivity contribution in [2.24, 2.45) is 0 Å². The summed E-state index contributed by atoms with van der Waals surface area (Å²) in [4.78, 5) is 20.4. The standard InChI is InChI=1S/C24H28FN3OSi/c25-21-7-3-2-6-20(21)18-14-17-15-22(28-23(17)26-16-18)24(29)27-19-8-12-30(13-9-19)10-4-1-5-11-30/h2-3,6-7,14-16,19H,1,4-5,8-13H2,(H,26,28)(H,27,29). The van der Waals surface area contributed by atoms with E-state index in [9.17, 15) is 9.18 Å². The molecule has 2 aliphatic rings. The molecule has 2 saturated heterocycles. The number of halogens is 1. The third kappa shape index (κ3) is 3.81. The number of carbonyl (C=O) groups excluding carboxylic acids is 1. The lowest BCUT2D eigenvalue weighted by molar-refractivity contribution is 0.0929. The van der Waals surface area contributed by atoms with Crippen molar-refractivity contribution < 1.29 is 9.18 Å². The molecule has 0 radical (unpaired) electrons. The molecule has 0 atom stereocenters. The number of H-pyrrole nitrogens is 1. The number of hydrogen-bond acceptors (Lipinski definition) is 2. The Morgan fingerprint density at radius 1 is 1.07 bits per heavy atom. The molecular formula is C24H28FN3OSi. The summed E-state index contributed by atoms with van der Waals surface area (Å²) in [5.74, 6) is -0.338. The molecule has 0 saturated carbocycles. The molecule has 2 aromatic heterocycles.